The Balaban J connectivity index is 2.11. The number of likely N-dealkylation sites (N-methyl/N-ethyl adjacent to an activating group) is 1. The lowest BCUT2D eigenvalue weighted by Crippen LogP contribution is -2.34. The molecule has 5 nitrogen and oxygen atoms in total. The molecule has 1 fully saturated rings. The van der Waals surface area contributed by atoms with E-state index in [1.165, 1.54) is 0 Å². The predicted octanol–water partition coefficient (Wildman–Crippen LogP) is 2.14. The third kappa shape index (κ3) is 4.24. The summed E-state index contributed by atoms with van der Waals surface area (Å²) in [5.41, 5.74) is 1.01. The summed E-state index contributed by atoms with van der Waals surface area (Å²) in [4.78, 5) is 16.3. The van der Waals surface area contributed by atoms with E-state index in [0.29, 0.717) is 6.54 Å². The van der Waals surface area contributed by atoms with Crippen LogP contribution in [0.25, 0.3) is 0 Å². The molecule has 1 N–H and O–H groups in total. The molecule has 128 valence electrons. The quantitative estimate of drug-likeness (QED) is 0.795. The molecule has 0 saturated carbocycles. The Kier molecular flexibility index (Phi) is 6.42. The van der Waals surface area contributed by atoms with Crippen LogP contribution in [0.5, 0.6) is 5.75 Å². The minimum absolute atomic E-state index is 0.0136. The maximum absolute atomic E-state index is 11.7. The standard InChI is InChI=1S/C18H28N2O3/c1-4-19(5-2)10-11-20-12-15(16(13-20)18(21)22)14-8-6-7-9-17(14)23-3/h6-9,15-16H,4-5,10-13H2,1-3H3,(H,21,22)/t15-,16+/m0/s1. The topological polar surface area (TPSA) is 53.0 Å². The van der Waals surface area contributed by atoms with Crippen LogP contribution in [0.15, 0.2) is 24.3 Å². The molecule has 1 aromatic carbocycles. The number of para-hydroxylation sites is 1. The Morgan fingerprint density at radius 2 is 2.00 bits per heavy atom. The molecule has 2 atom stereocenters. The van der Waals surface area contributed by atoms with Crippen molar-refractivity contribution >= 4 is 5.97 Å². The molecule has 0 aromatic heterocycles. The molecule has 23 heavy (non-hydrogen) atoms. The normalized spacial score (nSPS) is 21.7. The molecule has 0 spiro atoms. The van der Waals surface area contributed by atoms with Gasteiger partial charge in [-0.1, -0.05) is 32.0 Å². The van der Waals surface area contributed by atoms with Crippen molar-refractivity contribution in [2.24, 2.45) is 5.92 Å². The number of likely N-dealkylation sites (tertiary alicyclic amines) is 1. The van der Waals surface area contributed by atoms with E-state index in [0.717, 1.165) is 44.0 Å². The predicted molar refractivity (Wildman–Crippen MR) is 91.1 cm³/mol. The molecule has 0 amide bonds. The molecule has 1 heterocycles. The van der Waals surface area contributed by atoms with Gasteiger partial charge in [-0.3, -0.25) is 4.79 Å². The molecule has 1 aromatic rings. The number of benzene rings is 1. The van der Waals surface area contributed by atoms with Gasteiger partial charge in [0, 0.05) is 32.1 Å². The molecule has 1 saturated heterocycles. The first-order valence-corrected chi connectivity index (χ1v) is 8.41. The second-order valence-corrected chi connectivity index (χ2v) is 6.08. The highest BCUT2D eigenvalue weighted by Crippen LogP contribution is 2.37. The lowest BCUT2D eigenvalue weighted by molar-refractivity contribution is -0.141. The van der Waals surface area contributed by atoms with Gasteiger partial charge in [-0.2, -0.15) is 0 Å². The van der Waals surface area contributed by atoms with E-state index in [-0.39, 0.29) is 11.8 Å². The number of carboxylic acids is 1. The molecule has 0 radical (unpaired) electrons. The van der Waals surface area contributed by atoms with Crippen LogP contribution in [0.4, 0.5) is 0 Å². The zero-order chi connectivity index (χ0) is 16.8. The largest absolute Gasteiger partial charge is 0.496 e. The Morgan fingerprint density at radius 3 is 2.61 bits per heavy atom. The van der Waals surface area contributed by atoms with Gasteiger partial charge in [-0.05, 0) is 24.7 Å². The first-order chi connectivity index (χ1) is 11.1. The number of hydrogen-bond donors (Lipinski definition) is 1. The van der Waals surface area contributed by atoms with Crippen molar-refractivity contribution in [3.8, 4) is 5.75 Å². The van der Waals surface area contributed by atoms with Crippen molar-refractivity contribution in [2.75, 3.05) is 46.4 Å². The summed E-state index contributed by atoms with van der Waals surface area (Å²) in [5, 5.41) is 9.62. The number of aliphatic carboxylic acids is 1. The lowest BCUT2D eigenvalue weighted by Gasteiger charge is -2.22. The molecular weight excluding hydrogens is 292 g/mol. The highest BCUT2D eigenvalue weighted by molar-refractivity contribution is 5.72. The number of methoxy groups -OCH3 is 1. The molecule has 0 aliphatic carbocycles. The van der Waals surface area contributed by atoms with Gasteiger partial charge in [-0.25, -0.2) is 0 Å². The van der Waals surface area contributed by atoms with Gasteiger partial charge in [0.05, 0.1) is 13.0 Å². The van der Waals surface area contributed by atoms with Crippen LogP contribution < -0.4 is 4.74 Å². The van der Waals surface area contributed by atoms with Gasteiger partial charge in [0.25, 0.3) is 0 Å². The zero-order valence-electron chi connectivity index (χ0n) is 14.4. The highest BCUT2D eigenvalue weighted by atomic mass is 16.5. The molecule has 5 heteroatoms. The van der Waals surface area contributed by atoms with Gasteiger partial charge in [0.1, 0.15) is 5.75 Å². The average molecular weight is 320 g/mol. The molecule has 1 aliphatic rings. The Labute approximate surface area is 138 Å². The monoisotopic (exact) mass is 320 g/mol. The average Bonchev–Trinajstić information content (AvgIpc) is 3.00. The van der Waals surface area contributed by atoms with E-state index in [1.54, 1.807) is 7.11 Å². The van der Waals surface area contributed by atoms with Gasteiger partial charge in [0.15, 0.2) is 0 Å². The summed E-state index contributed by atoms with van der Waals surface area (Å²) in [6, 6.07) is 7.78. The van der Waals surface area contributed by atoms with Crippen LogP contribution in [0, 0.1) is 5.92 Å². The molecule has 0 unspecified atom stereocenters. The van der Waals surface area contributed by atoms with E-state index in [1.807, 2.05) is 24.3 Å². The SMILES string of the molecule is CCN(CC)CCN1C[C@@H](C(=O)O)[C@H](c2ccccc2OC)C1. The van der Waals surface area contributed by atoms with Gasteiger partial charge in [0.2, 0.25) is 0 Å². The fourth-order valence-corrected chi connectivity index (χ4v) is 3.43. The van der Waals surface area contributed by atoms with E-state index >= 15 is 0 Å². The first-order valence-electron chi connectivity index (χ1n) is 8.41. The van der Waals surface area contributed by atoms with Crippen molar-refractivity contribution in [1.29, 1.82) is 0 Å². The highest BCUT2D eigenvalue weighted by Gasteiger charge is 2.39. The summed E-state index contributed by atoms with van der Waals surface area (Å²) in [6.07, 6.45) is 0. The molecule has 1 aliphatic heterocycles. The lowest BCUT2D eigenvalue weighted by atomic mass is 9.88. The summed E-state index contributed by atoms with van der Waals surface area (Å²) >= 11 is 0. The Morgan fingerprint density at radius 1 is 1.30 bits per heavy atom. The van der Waals surface area contributed by atoms with Gasteiger partial charge >= 0.3 is 5.97 Å². The van der Waals surface area contributed by atoms with Crippen LogP contribution in [0.2, 0.25) is 0 Å². The van der Waals surface area contributed by atoms with E-state index in [9.17, 15) is 9.90 Å². The van der Waals surface area contributed by atoms with E-state index < -0.39 is 5.97 Å². The fourth-order valence-electron chi connectivity index (χ4n) is 3.43. The van der Waals surface area contributed by atoms with Crippen LogP contribution in [0.1, 0.15) is 25.3 Å². The van der Waals surface area contributed by atoms with Crippen LogP contribution in [-0.4, -0.2) is 67.3 Å². The van der Waals surface area contributed by atoms with Crippen LogP contribution in [0.3, 0.4) is 0 Å². The minimum atomic E-state index is -0.716. The summed E-state index contributed by atoms with van der Waals surface area (Å²) in [7, 11) is 1.64. The van der Waals surface area contributed by atoms with Gasteiger partial charge < -0.3 is 19.6 Å². The number of carboxylic acid groups (broad SMARTS) is 1. The summed E-state index contributed by atoms with van der Waals surface area (Å²) < 4.78 is 5.43. The molecular formula is C18H28N2O3. The van der Waals surface area contributed by atoms with Crippen LogP contribution >= 0.6 is 0 Å². The van der Waals surface area contributed by atoms with Crippen molar-refractivity contribution in [3.63, 3.8) is 0 Å². The second-order valence-electron chi connectivity index (χ2n) is 6.08. The van der Waals surface area contributed by atoms with Crippen LogP contribution in [-0.2, 0) is 4.79 Å². The van der Waals surface area contributed by atoms with Crippen molar-refractivity contribution in [3.05, 3.63) is 29.8 Å². The number of nitrogens with zero attached hydrogens (tertiary/aromatic N) is 2. The maximum Gasteiger partial charge on any atom is 0.308 e. The smallest absolute Gasteiger partial charge is 0.308 e. The number of ether oxygens (including phenoxy) is 1. The summed E-state index contributed by atoms with van der Waals surface area (Å²) in [5.74, 6) is -0.316. The first kappa shape index (κ1) is 17.8. The minimum Gasteiger partial charge on any atom is -0.496 e. The van der Waals surface area contributed by atoms with E-state index in [2.05, 4.69) is 23.6 Å². The Hall–Kier alpha value is -1.59. The number of carbonyl (C=O) groups is 1. The second kappa shape index (κ2) is 8.31. The third-order valence-corrected chi connectivity index (χ3v) is 4.88. The zero-order valence-corrected chi connectivity index (χ0v) is 14.4. The van der Waals surface area contributed by atoms with Gasteiger partial charge in [-0.15, -0.1) is 0 Å². The molecule has 2 rings (SSSR count). The maximum atomic E-state index is 11.7. The third-order valence-electron chi connectivity index (χ3n) is 4.88. The van der Waals surface area contributed by atoms with Crippen molar-refractivity contribution in [2.45, 2.75) is 19.8 Å². The number of hydrogen-bond acceptors (Lipinski definition) is 4. The summed E-state index contributed by atoms with van der Waals surface area (Å²) in [6.45, 7) is 9.66. The fraction of sp³-hybridized carbons (Fsp3) is 0.611. The van der Waals surface area contributed by atoms with E-state index in [4.69, 9.17) is 4.74 Å². The van der Waals surface area contributed by atoms with Crippen molar-refractivity contribution in [1.82, 2.24) is 9.80 Å². The molecule has 0 bridgehead atoms. The van der Waals surface area contributed by atoms with Crippen molar-refractivity contribution < 1.29 is 14.6 Å². The number of rotatable bonds is 8. The Bertz CT molecular complexity index is 517.